The van der Waals surface area contributed by atoms with E-state index in [4.69, 9.17) is 0 Å². The molecule has 0 bridgehead atoms. The number of halogens is 1. The van der Waals surface area contributed by atoms with Crippen molar-refractivity contribution in [2.75, 3.05) is 42.9 Å². The average molecular weight is 329 g/mol. The van der Waals surface area contributed by atoms with Gasteiger partial charge in [-0.15, -0.1) is 0 Å². The topological polar surface area (TPSA) is 61.4 Å². The first kappa shape index (κ1) is 16.3. The number of carbonyl (C=O) groups excluding carboxylic acids is 1. The number of benzene rings is 1. The van der Waals surface area contributed by atoms with Crippen LogP contribution >= 0.6 is 0 Å². The van der Waals surface area contributed by atoms with E-state index in [1.54, 1.807) is 18.3 Å². The fourth-order valence-corrected chi connectivity index (χ4v) is 2.64. The van der Waals surface area contributed by atoms with Crippen LogP contribution in [-0.2, 0) is 0 Å². The van der Waals surface area contributed by atoms with Crippen LogP contribution in [0.2, 0.25) is 0 Å². The van der Waals surface area contributed by atoms with Gasteiger partial charge < -0.3 is 15.1 Å². The van der Waals surface area contributed by atoms with E-state index in [1.165, 1.54) is 18.3 Å². The van der Waals surface area contributed by atoms with E-state index in [-0.39, 0.29) is 11.4 Å². The van der Waals surface area contributed by atoms with Crippen LogP contribution in [0.5, 0.6) is 0 Å². The lowest BCUT2D eigenvalue weighted by molar-refractivity contribution is 0.102. The van der Waals surface area contributed by atoms with Gasteiger partial charge in [0.1, 0.15) is 17.3 Å². The van der Waals surface area contributed by atoms with E-state index in [1.807, 2.05) is 0 Å². The number of anilines is 2. The van der Waals surface area contributed by atoms with Gasteiger partial charge in [-0.2, -0.15) is 0 Å². The van der Waals surface area contributed by atoms with Crippen LogP contribution < -0.4 is 10.2 Å². The van der Waals surface area contributed by atoms with E-state index in [0.717, 1.165) is 38.5 Å². The molecular formula is C17H20FN5O. The number of likely N-dealkylation sites (N-methyl/N-ethyl adjacent to an activating group) is 1. The van der Waals surface area contributed by atoms with Gasteiger partial charge in [0, 0.05) is 26.2 Å². The van der Waals surface area contributed by atoms with Gasteiger partial charge in [0.25, 0.3) is 5.91 Å². The molecule has 2 heterocycles. The Hall–Kier alpha value is -2.54. The molecule has 0 saturated carbocycles. The third-order valence-electron chi connectivity index (χ3n) is 4.14. The SMILES string of the molecule is CCN1CCN(c2cnc(C(=O)Nc3ccccc3F)cn2)CC1. The molecule has 24 heavy (non-hydrogen) atoms. The molecule has 0 radical (unpaired) electrons. The Labute approximate surface area is 140 Å². The molecule has 1 aromatic heterocycles. The van der Waals surface area contributed by atoms with Crippen molar-refractivity contribution in [1.29, 1.82) is 0 Å². The summed E-state index contributed by atoms with van der Waals surface area (Å²) >= 11 is 0. The van der Waals surface area contributed by atoms with E-state index < -0.39 is 11.7 Å². The largest absolute Gasteiger partial charge is 0.353 e. The summed E-state index contributed by atoms with van der Waals surface area (Å²) < 4.78 is 13.6. The number of para-hydroxylation sites is 1. The maximum atomic E-state index is 13.6. The molecule has 6 nitrogen and oxygen atoms in total. The maximum Gasteiger partial charge on any atom is 0.275 e. The number of carbonyl (C=O) groups is 1. The van der Waals surface area contributed by atoms with Crippen LogP contribution in [0, 0.1) is 5.82 Å². The first-order chi connectivity index (χ1) is 11.7. The zero-order valence-corrected chi connectivity index (χ0v) is 13.6. The van der Waals surface area contributed by atoms with Crippen molar-refractivity contribution >= 4 is 17.4 Å². The number of nitrogens with zero attached hydrogens (tertiary/aromatic N) is 4. The summed E-state index contributed by atoms with van der Waals surface area (Å²) in [5.41, 5.74) is 0.290. The first-order valence-electron chi connectivity index (χ1n) is 8.02. The average Bonchev–Trinajstić information content (AvgIpc) is 2.64. The normalized spacial score (nSPS) is 15.3. The van der Waals surface area contributed by atoms with Crippen molar-refractivity contribution < 1.29 is 9.18 Å². The summed E-state index contributed by atoms with van der Waals surface area (Å²) in [6.07, 6.45) is 3.02. The molecule has 1 aromatic carbocycles. The van der Waals surface area contributed by atoms with E-state index >= 15 is 0 Å². The molecule has 1 saturated heterocycles. The minimum atomic E-state index is -0.482. The number of hydrogen-bond donors (Lipinski definition) is 1. The van der Waals surface area contributed by atoms with Gasteiger partial charge in [0.2, 0.25) is 0 Å². The molecule has 0 atom stereocenters. The summed E-state index contributed by atoms with van der Waals surface area (Å²) in [5.74, 6) is -0.202. The van der Waals surface area contributed by atoms with Crippen molar-refractivity contribution in [3.05, 3.63) is 48.2 Å². The Balaban J connectivity index is 1.64. The molecule has 1 amide bonds. The van der Waals surface area contributed by atoms with E-state index in [0.29, 0.717) is 0 Å². The second kappa shape index (κ2) is 7.35. The lowest BCUT2D eigenvalue weighted by Crippen LogP contribution is -2.46. The Kier molecular flexibility index (Phi) is 5.00. The summed E-state index contributed by atoms with van der Waals surface area (Å²) in [6, 6.07) is 6.02. The zero-order chi connectivity index (χ0) is 16.9. The molecule has 1 aliphatic rings. The standard InChI is InChI=1S/C17H20FN5O/c1-2-22-7-9-23(10-8-22)16-12-19-15(11-20-16)17(24)21-14-6-4-3-5-13(14)18/h3-6,11-12H,2,7-10H2,1H3,(H,21,24). The molecule has 1 fully saturated rings. The molecule has 1 N–H and O–H groups in total. The monoisotopic (exact) mass is 329 g/mol. The van der Waals surface area contributed by atoms with E-state index in [2.05, 4.69) is 32.0 Å². The van der Waals surface area contributed by atoms with Crippen molar-refractivity contribution in [2.45, 2.75) is 6.92 Å². The Morgan fingerprint density at radius 3 is 2.54 bits per heavy atom. The molecule has 126 valence electrons. The summed E-state index contributed by atoms with van der Waals surface area (Å²) in [5, 5.41) is 2.50. The maximum absolute atomic E-state index is 13.6. The Bertz CT molecular complexity index is 698. The molecule has 1 aliphatic heterocycles. The molecule has 7 heteroatoms. The van der Waals surface area contributed by atoms with Gasteiger partial charge in [-0.1, -0.05) is 19.1 Å². The Morgan fingerprint density at radius 2 is 1.92 bits per heavy atom. The van der Waals surface area contributed by atoms with Crippen LogP contribution in [0.1, 0.15) is 17.4 Å². The Morgan fingerprint density at radius 1 is 1.17 bits per heavy atom. The lowest BCUT2D eigenvalue weighted by atomic mass is 10.3. The van der Waals surface area contributed by atoms with E-state index in [9.17, 15) is 9.18 Å². The zero-order valence-electron chi connectivity index (χ0n) is 13.6. The third-order valence-corrected chi connectivity index (χ3v) is 4.14. The number of rotatable bonds is 4. The fourth-order valence-electron chi connectivity index (χ4n) is 2.64. The van der Waals surface area contributed by atoms with Gasteiger partial charge >= 0.3 is 0 Å². The van der Waals surface area contributed by atoms with Crippen LogP contribution in [-0.4, -0.2) is 53.5 Å². The van der Waals surface area contributed by atoms with Crippen LogP contribution in [0.4, 0.5) is 15.9 Å². The van der Waals surface area contributed by atoms with Gasteiger partial charge in [0.15, 0.2) is 0 Å². The number of aromatic nitrogens is 2. The van der Waals surface area contributed by atoms with Crippen LogP contribution in [0.25, 0.3) is 0 Å². The molecule has 0 spiro atoms. The number of amides is 1. The summed E-state index contributed by atoms with van der Waals surface area (Å²) in [7, 11) is 0. The third kappa shape index (κ3) is 3.68. The smallest absolute Gasteiger partial charge is 0.275 e. The second-order valence-corrected chi connectivity index (χ2v) is 5.62. The second-order valence-electron chi connectivity index (χ2n) is 5.62. The molecule has 3 rings (SSSR count). The minimum absolute atomic E-state index is 0.129. The van der Waals surface area contributed by atoms with Gasteiger partial charge in [-0.3, -0.25) is 4.79 Å². The highest BCUT2D eigenvalue weighted by Crippen LogP contribution is 2.15. The van der Waals surface area contributed by atoms with Crippen molar-refractivity contribution in [2.24, 2.45) is 0 Å². The number of hydrogen-bond acceptors (Lipinski definition) is 5. The first-order valence-corrected chi connectivity index (χ1v) is 8.02. The highest BCUT2D eigenvalue weighted by molar-refractivity contribution is 6.02. The highest BCUT2D eigenvalue weighted by Gasteiger charge is 2.18. The van der Waals surface area contributed by atoms with Crippen LogP contribution in [0.3, 0.4) is 0 Å². The minimum Gasteiger partial charge on any atom is -0.353 e. The predicted molar refractivity (Wildman–Crippen MR) is 90.7 cm³/mol. The van der Waals surface area contributed by atoms with Crippen molar-refractivity contribution in [1.82, 2.24) is 14.9 Å². The van der Waals surface area contributed by atoms with Gasteiger partial charge in [-0.25, -0.2) is 14.4 Å². The van der Waals surface area contributed by atoms with Gasteiger partial charge in [0.05, 0.1) is 18.1 Å². The van der Waals surface area contributed by atoms with Crippen molar-refractivity contribution in [3.63, 3.8) is 0 Å². The molecule has 0 aliphatic carbocycles. The van der Waals surface area contributed by atoms with Gasteiger partial charge in [-0.05, 0) is 18.7 Å². The summed E-state index contributed by atoms with van der Waals surface area (Å²) in [6.45, 7) is 6.97. The fraction of sp³-hybridized carbons (Fsp3) is 0.353. The van der Waals surface area contributed by atoms with Crippen LogP contribution in [0.15, 0.2) is 36.7 Å². The van der Waals surface area contributed by atoms with Crippen molar-refractivity contribution in [3.8, 4) is 0 Å². The molecule has 2 aromatic rings. The molecule has 0 unspecified atom stereocenters. The predicted octanol–water partition coefficient (Wildman–Crippen LogP) is 2.01. The summed E-state index contributed by atoms with van der Waals surface area (Å²) in [4.78, 5) is 25.2. The lowest BCUT2D eigenvalue weighted by Gasteiger charge is -2.34. The number of piperazine rings is 1. The highest BCUT2D eigenvalue weighted by atomic mass is 19.1. The quantitative estimate of drug-likeness (QED) is 0.930. The molecular weight excluding hydrogens is 309 g/mol. The number of nitrogens with one attached hydrogen (secondary N) is 1.